The second-order valence-corrected chi connectivity index (χ2v) is 8.92. The first-order valence-corrected chi connectivity index (χ1v) is 14.9. The van der Waals surface area contributed by atoms with Gasteiger partial charge in [0.25, 0.3) is 0 Å². The summed E-state index contributed by atoms with van der Waals surface area (Å²) in [5.41, 5.74) is 0. The molecule has 0 aliphatic rings. The van der Waals surface area contributed by atoms with Gasteiger partial charge in [0.2, 0.25) is 11.8 Å². The van der Waals surface area contributed by atoms with Crippen LogP contribution in [0.5, 0.6) is 0 Å². The molecular formula is C28H66N4O15. The van der Waals surface area contributed by atoms with Crippen LogP contribution in [0, 0.1) is 0 Å². The number of likely N-dealkylation sites (N-methyl/N-ethyl adjacent to an activating group) is 2. The molecule has 0 aromatic heterocycles. The number of rotatable bonds is 19. The third-order valence-electron chi connectivity index (χ3n) is 4.43. The molecule has 47 heavy (non-hydrogen) atoms. The van der Waals surface area contributed by atoms with Crippen molar-refractivity contribution < 1.29 is 74.9 Å². The quantitative estimate of drug-likeness (QED) is 0.0442. The molecule has 0 rings (SSSR count). The number of nitrogens with zero attached hydrogens (tertiary/aromatic N) is 2. The number of nitrogens with one attached hydrogen (secondary N) is 2. The van der Waals surface area contributed by atoms with E-state index in [2.05, 4.69) is 20.1 Å². The van der Waals surface area contributed by atoms with Gasteiger partial charge < -0.3 is 81.0 Å². The van der Waals surface area contributed by atoms with E-state index in [4.69, 9.17) is 51.1 Å². The Morgan fingerprint density at radius 3 is 1.32 bits per heavy atom. The fourth-order valence-electron chi connectivity index (χ4n) is 2.12. The largest absolute Gasteiger partial charge is 0.463 e. The number of ether oxygens (including phenoxy) is 2. The number of carbonyl (C=O) groups is 3. The Balaban J connectivity index is -0.000000108. The molecule has 2 unspecified atom stereocenters. The minimum absolute atomic E-state index is 0.0135. The summed E-state index contributed by atoms with van der Waals surface area (Å²) in [5, 5.41) is 88.5. The van der Waals surface area contributed by atoms with Crippen LogP contribution in [0.15, 0.2) is 0 Å². The van der Waals surface area contributed by atoms with Crippen LogP contribution in [-0.4, -0.2) is 217 Å². The van der Waals surface area contributed by atoms with Crippen LogP contribution in [-0.2, 0) is 23.9 Å². The number of aliphatic hydroxyl groups excluding tert-OH is 10. The zero-order chi connectivity index (χ0) is 37.9. The molecule has 0 aromatic carbocycles. The van der Waals surface area contributed by atoms with Gasteiger partial charge >= 0.3 is 5.97 Å². The average Bonchev–Trinajstić information content (AvgIpc) is 3.03. The Hall–Kier alpha value is -2.11. The van der Waals surface area contributed by atoms with Crippen molar-refractivity contribution in [2.45, 2.75) is 39.9 Å². The minimum Gasteiger partial charge on any atom is -0.463 e. The highest BCUT2D eigenvalue weighted by Gasteiger charge is 2.05. The first-order valence-electron chi connectivity index (χ1n) is 14.9. The third-order valence-corrected chi connectivity index (χ3v) is 4.43. The maximum Gasteiger partial charge on any atom is 0.302 e. The SMILES string of the molecule is CC(=O)N(CCO)CCO.CC(=O)NCCO.CC(=O)OCC(O)CO.CCNCCO.CN(CCO)CCO.COCC(O)CO. The highest BCUT2D eigenvalue weighted by molar-refractivity contribution is 5.73. The molecule has 0 saturated carbocycles. The fourth-order valence-corrected chi connectivity index (χ4v) is 2.12. The Bertz CT molecular complexity index is 610. The molecule has 0 heterocycles. The molecule has 2 atom stereocenters. The van der Waals surface area contributed by atoms with Crippen molar-refractivity contribution in [2.24, 2.45) is 0 Å². The fraction of sp³-hybridized carbons (Fsp3) is 0.893. The van der Waals surface area contributed by atoms with Crippen LogP contribution in [0.25, 0.3) is 0 Å². The lowest BCUT2D eigenvalue weighted by Crippen LogP contribution is -2.33. The molecule has 0 aromatic rings. The van der Waals surface area contributed by atoms with Crippen LogP contribution in [0.2, 0.25) is 0 Å². The summed E-state index contributed by atoms with van der Waals surface area (Å²) >= 11 is 0. The zero-order valence-electron chi connectivity index (χ0n) is 29.1. The average molecular weight is 699 g/mol. The van der Waals surface area contributed by atoms with Crippen LogP contribution in [0.3, 0.4) is 0 Å². The van der Waals surface area contributed by atoms with Crippen molar-refractivity contribution >= 4 is 17.8 Å². The predicted molar refractivity (Wildman–Crippen MR) is 174 cm³/mol. The molecule has 0 radical (unpaired) electrons. The molecule has 0 aliphatic heterocycles. The van der Waals surface area contributed by atoms with E-state index >= 15 is 0 Å². The van der Waals surface area contributed by atoms with Crippen molar-refractivity contribution in [3.8, 4) is 0 Å². The summed E-state index contributed by atoms with van der Waals surface area (Å²) in [4.78, 5) is 33.9. The lowest BCUT2D eigenvalue weighted by molar-refractivity contribution is -0.144. The number of amides is 2. The molecule has 0 saturated heterocycles. The van der Waals surface area contributed by atoms with Gasteiger partial charge in [-0.15, -0.1) is 0 Å². The molecule has 0 spiro atoms. The summed E-state index contributed by atoms with van der Waals surface area (Å²) in [6.45, 7) is 9.91. The van der Waals surface area contributed by atoms with Crippen molar-refractivity contribution in [3.05, 3.63) is 0 Å². The summed E-state index contributed by atoms with van der Waals surface area (Å²) in [6, 6.07) is 0. The highest BCUT2D eigenvalue weighted by Crippen LogP contribution is 1.86. The maximum absolute atomic E-state index is 10.6. The van der Waals surface area contributed by atoms with Crippen LogP contribution in [0.4, 0.5) is 0 Å². The van der Waals surface area contributed by atoms with Crippen LogP contribution >= 0.6 is 0 Å². The normalized spacial score (nSPS) is 10.7. The Morgan fingerprint density at radius 2 is 1.11 bits per heavy atom. The van der Waals surface area contributed by atoms with Crippen molar-refractivity contribution in [3.63, 3.8) is 0 Å². The van der Waals surface area contributed by atoms with Gasteiger partial charge in [-0.2, -0.15) is 0 Å². The predicted octanol–water partition coefficient (Wildman–Crippen LogP) is -5.69. The summed E-state index contributed by atoms with van der Waals surface area (Å²) in [5.74, 6) is -0.681. The van der Waals surface area contributed by atoms with E-state index in [-0.39, 0.29) is 77.9 Å². The molecule has 0 fully saturated rings. The number of hydrogen-bond acceptors (Lipinski definition) is 17. The zero-order valence-corrected chi connectivity index (χ0v) is 29.1. The monoisotopic (exact) mass is 698 g/mol. The number of esters is 1. The second kappa shape index (κ2) is 50.7. The molecule has 2 amide bonds. The molecule has 19 nitrogen and oxygen atoms in total. The van der Waals surface area contributed by atoms with Crippen LogP contribution in [0.1, 0.15) is 27.7 Å². The van der Waals surface area contributed by atoms with Gasteiger partial charge in [0, 0.05) is 67.1 Å². The van der Waals surface area contributed by atoms with Crippen LogP contribution < -0.4 is 10.6 Å². The van der Waals surface area contributed by atoms with Crippen molar-refractivity contribution in [2.75, 3.05) is 126 Å². The Labute approximate surface area is 279 Å². The first-order chi connectivity index (χ1) is 22.2. The molecule has 0 aliphatic carbocycles. The number of carbonyl (C=O) groups excluding carboxylic acids is 3. The highest BCUT2D eigenvalue weighted by atomic mass is 16.5. The van der Waals surface area contributed by atoms with E-state index in [9.17, 15) is 14.4 Å². The Morgan fingerprint density at radius 1 is 0.681 bits per heavy atom. The van der Waals surface area contributed by atoms with Crippen molar-refractivity contribution in [1.82, 2.24) is 20.4 Å². The van der Waals surface area contributed by atoms with E-state index in [0.717, 1.165) is 13.1 Å². The summed E-state index contributed by atoms with van der Waals surface area (Å²) in [6.07, 6.45) is -1.67. The minimum atomic E-state index is -0.950. The lowest BCUT2D eigenvalue weighted by atomic mass is 10.4. The molecule has 19 heteroatoms. The molecule has 0 bridgehead atoms. The molecular weight excluding hydrogens is 632 g/mol. The van der Waals surface area contributed by atoms with Gasteiger partial charge in [0.05, 0.1) is 59.5 Å². The van der Waals surface area contributed by atoms with E-state index in [1.165, 1.54) is 32.8 Å². The number of methoxy groups -OCH3 is 1. The second-order valence-electron chi connectivity index (χ2n) is 8.92. The van der Waals surface area contributed by atoms with E-state index in [1.807, 2.05) is 18.9 Å². The first kappa shape index (κ1) is 57.2. The smallest absolute Gasteiger partial charge is 0.302 e. The standard InChI is InChI=1S/C6H13NO3.C5H13NO2.C5H10O4.C4H9NO2.C4H11NO.C4H10O3/c1-6(10)7(2-4-8)3-5-9;1-6(2-4-7)3-5-8;1-4(7)9-3-5(8)2-6;1-4(7)5-2-3-6;1-2-5-3-4-6;1-7-3-4(6)2-5/h8-9H,2-5H2,1H3;7-8H,2-5H2,1H3;5-6,8H,2-3H2,1H3;6H,2-3H2,1H3,(H,5,7);5-6H,2-4H2,1H3;4-6H,2-3H2,1H3. The van der Waals surface area contributed by atoms with E-state index in [0.29, 0.717) is 32.7 Å². The summed E-state index contributed by atoms with van der Waals surface area (Å²) in [7, 11) is 3.32. The maximum atomic E-state index is 10.6. The summed E-state index contributed by atoms with van der Waals surface area (Å²) < 4.78 is 8.83. The topological polar surface area (TPSA) is 303 Å². The van der Waals surface area contributed by atoms with Gasteiger partial charge in [0.15, 0.2) is 0 Å². The van der Waals surface area contributed by atoms with Gasteiger partial charge in [0.1, 0.15) is 18.8 Å². The van der Waals surface area contributed by atoms with Gasteiger partial charge in [-0.1, -0.05) is 6.92 Å². The van der Waals surface area contributed by atoms with Gasteiger partial charge in [-0.25, -0.2) is 0 Å². The van der Waals surface area contributed by atoms with E-state index < -0.39 is 18.2 Å². The van der Waals surface area contributed by atoms with Gasteiger partial charge in [-0.3, -0.25) is 14.4 Å². The van der Waals surface area contributed by atoms with Gasteiger partial charge in [-0.05, 0) is 13.6 Å². The van der Waals surface area contributed by atoms with E-state index in [1.54, 1.807) is 0 Å². The Kier molecular flexibility index (Phi) is 61.7. The lowest BCUT2D eigenvalue weighted by Gasteiger charge is -2.17. The molecule has 12 N–H and O–H groups in total. The number of aliphatic hydroxyl groups is 10. The van der Waals surface area contributed by atoms with Crippen molar-refractivity contribution in [1.29, 1.82) is 0 Å². The molecule has 288 valence electrons. The third kappa shape index (κ3) is 71.2. The number of hydrogen-bond donors (Lipinski definition) is 12.